The van der Waals surface area contributed by atoms with Crippen LogP contribution in [-0.2, 0) is 16.0 Å². The molecular formula is C15H18F3NO2. The molecule has 6 heteroatoms. The summed E-state index contributed by atoms with van der Waals surface area (Å²) >= 11 is 0. The Balaban J connectivity index is 1.96. The highest BCUT2D eigenvalue weighted by atomic mass is 19.3. The van der Waals surface area contributed by atoms with Crippen LogP contribution in [0.4, 0.5) is 13.2 Å². The minimum Gasteiger partial charge on any atom is -0.375 e. The maximum Gasteiger partial charge on any atom is 0.261 e. The zero-order chi connectivity index (χ0) is 15.4. The number of carbonyl (C=O) groups excluding carboxylic acids is 1. The second-order valence-electron chi connectivity index (χ2n) is 5.04. The third kappa shape index (κ3) is 3.75. The van der Waals surface area contributed by atoms with Crippen LogP contribution in [0.15, 0.2) is 18.2 Å². The number of hydrogen-bond acceptors (Lipinski definition) is 2. The lowest BCUT2D eigenvalue weighted by atomic mass is 9.93. The van der Waals surface area contributed by atoms with Crippen molar-refractivity contribution < 1.29 is 22.7 Å². The maximum absolute atomic E-state index is 13.9. The predicted molar refractivity (Wildman–Crippen MR) is 71.7 cm³/mol. The van der Waals surface area contributed by atoms with E-state index in [4.69, 9.17) is 4.74 Å². The third-order valence-electron chi connectivity index (χ3n) is 3.67. The van der Waals surface area contributed by atoms with Crippen LogP contribution < -0.4 is 0 Å². The molecule has 1 atom stereocenters. The summed E-state index contributed by atoms with van der Waals surface area (Å²) in [6, 6.07) is 4.56. The number of nitrogens with zero attached hydrogens (tertiary/aromatic N) is 1. The Kier molecular flexibility index (Phi) is 5.22. The normalized spacial score (nSPS) is 18.0. The number of benzene rings is 1. The van der Waals surface area contributed by atoms with Gasteiger partial charge in [-0.05, 0) is 25.0 Å². The number of carbonyl (C=O) groups is 1. The topological polar surface area (TPSA) is 29.5 Å². The Morgan fingerprint density at radius 3 is 2.95 bits per heavy atom. The van der Waals surface area contributed by atoms with Crippen molar-refractivity contribution in [2.45, 2.75) is 32.2 Å². The molecule has 1 aromatic rings. The molecule has 1 heterocycles. The number of ether oxygens (including phenoxy) is 1. The van der Waals surface area contributed by atoms with Crippen LogP contribution in [0.2, 0.25) is 0 Å². The van der Waals surface area contributed by atoms with Crippen molar-refractivity contribution in [2.75, 3.05) is 19.8 Å². The highest BCUT2D eigenvalue weighted by Gasteiger charge is 2.29. The molecule has 0 N–H and O–H groups in total. The first-order valence-corrected chi connectivity index (χ1v) is 6.93. The first-order chi connectivity index (χ1) is 10.0. The van der Waals surface area contributed by atoms with E-state index in [1.54, 1.807) is 17.9 Å². The van der Waals surface area contributed by atoms with Gasteiger partial charge in [0, 0.05) is 12.1 Å². The standard InChI is InChI=1S/C15H18F3NO2/c1-10-15-11(3-2-4-12(15)16)5-7-19(10)14(20)6-8-21-9-13(17)18/h2-4,10,13H,5-9H2,1H3/t10-/m0/s1. The molecule has 1 amide bonds. The molecule has 0 radical (unpaired) electrons. The van der Waals surface area contributed by atoms with Crippen molar-refractivity contribution in [2.24, 2.45) is 0 Å². The molecule has 0 spiro atoms. The SMILES string of the molecule is C[C@H]1c2c(F)cccc2CCN1C(=O)CCOCC(F)F. The van der Waals surface area contributed by atoms with Crippen molar-refractivity contribution in [3.05, 3.63) is 35.1 Å². The van der Waals surface area contributed by atoms with Gasteiger partial charge in [0.15, 0.2) is 0 Å². The molecule has 0 fully saturated rings. The number of hydrogen-bond donors (Lipinski definition) is 0. The van der Waals surface area contributed by atoms with Gasteiger partial charge in [0.1, 0.15) is 12.4 Å². The average molecular weight is 301 g/mol. The molecule has 1 aromatic carbocycles. The Morgan fingerprint density at radius 2 is 2.24 bits per heavy atom. The minimum absolute atomic E-state index is 0.0286. The molecule has 0 aromatic heterocycles. The van der Waals surface area contributed by atoms with Gasteiger partial charge >= 0.3 is 0 Å². The van der Waals surface area contributed by atoms with Gasteiger partial charge < -0.3 is 9.64 Å². The molecule has 21 heavy (non-hydrogen) atoms. The lowest BCUT2D eigenvalue weighted by Crippen LogP contribution is -2.39. The summed E-state index contributed by atoms with van der Waals surface area (Å²) in [7, 11) is 0. The fourth-order valence-electron chi connectivity index (χ4n) is 2.67. The molecule has 0 bridgehead atoms. The Hall–Kier alpha value is -1.56. The molecule has 1 aliphatic rings. The number of amides is 1. The maximum atomic E-state index is 13.9. The van der Waals surface area contributed by atoms with E-state index < -0.39 is 13.0 Å². The molecule has 116 valence electrons. The molecular weight excluding hydrogens is 283 g/mol. The molecule has 0 unspecified atom stereocenters. The third-order valence-corrected chi connectivity index (χ3v) is 3.67. The molecule has 0 saturated heterocycles. The molecule has 0 aliphatic carbocycles. The summed E-state index contributed by atoms with van der Waals surface area (Å²) in [5, 5.41) is 0. The molecule has 3 nitrogen and oxygen atoms in total. The first-order valence-electron chi connectivity index (χ1n) is 6.93. The van der Waals surface area contributed by atoms with Crippen LogP contribution in [0, 0.1) is 5.82 Å². The van der Waals surface area contributed by atoms with Crippen molar-refractivity contribution in [1.29, 1.82) is 0 Å². The van der Waals surface area contributed by atoms with Crippen LogP contribution in [0.3, 0.4) is 0 Å². The second-order valence-corrected chi connectivity index (χ2v) is 5.04. The zero-order valence-corrected chi connectivity index (χ0v) is 11.8. The van der Waals surface area contributed by atoms with Crippen molar-refractivity contribution in [3.8, 4) is 0 Å². The lowest BCUT2D eigenvalue weighted by Gasteiger charge is -2.35. The van der Waals surface area contributed by atoms with E-state index in [2.05, 4.69) is 0 Å². The average Bonchev–Trinajstić information content (AvgIpc) is 2.43. The van der Waals surface area contributed by atoms with E-state index in [0.717, 1.165) is 5.56 Å². The molecule has 1 aliphatic heterocycles. The fourth-order valence-corrected chi connectivity index (χ4v) is 2.67. The summed E-state index contributed by atoms with van der Waals surface area (Å²) in [5.41, 5.74) is 1.46. The highest BCUT2D eigenvalue weighted by molar-refractivity contribution is 5.77. The Bertz CT molecular complexity index is 508. The summed E-state index contributed by atoms with van der Waals surface area (Å²) < 4.78 is 42.5. The van der Waals surface area contributed by atoms with E-state index in [1.165, 1.54) is 6.07 Å². The van der Waals surface area contributed by atoms with Gasteiger partial charge in [-0.3, -0.25) is 4.79 Å². The quantitative estimate of drug-likeness (QED) is 0.783. The smallest absolute Gasteiger partial charge is 0.261 e. The van der Waals surface area contributed by atoms with E-state index in [-0.39, 0.29) is 30.8 Å². The van der Waals surface area contributed by atoms with Crippen LogP contribution in [0.5, 0.6) is 0 Å². The van der Waals surface area contributed by atoms with Crippen LogP contribution in [-0.4, -0.2) is 37.0 Å². The summed E-state index contributed by atoms with van der Waals surface area (Å²) in [6.07, 6.45) is -1.91. The van der Waals surface area contributed by atoms with Crippen molar-refractivity contribution in [1.82, 2.24) is 4.90 Å². The van der Waals surface area contributed by atoms with E-state index in [1.807, 2.05) is 6.07 Å². The van der Waals surface area contributed by atoms with Crippen molar-refractivity contribution in [3.63, 3.8) is 0 Å². The van der Waals surface area contributed by atoms with Gasteiger partial charge in [-0.1, -0.05) is 12.1 Å². The van der Waals surface area contributed by atoms with Crippen LogP contribution in [0.25, 0.3) is 0 Å². The summed E-state index contributed by atoms with van der Waals surface area (Å²) in [4.78, 5) is 13.7. The Morgan fingerprint density at radius 1 is 1.48 bits per heavy atom. The summed E-state index contributed by atoms with van der Waals surface area (Å²) in [5.74, 6) is -0.517. The van der Waals surface area contributed by atoms with Crippen LogP contribution in [0.1, 0.15) is 30.5 Å². The van der Waals surface area contributed by atoms with E-state index >= 15 is 0 Å². The zero-order valence-electron chi connectivity index (χ0n) is 11.8. The van der Waals surface area contributed by atoms with Gasteiger partial charge in [0.2, 0.25) is 5.91 Å². The molecule has 2 rings (SSSR count). The van der Waals surface area contributed by atoms with Gasteiger partial charge in [0.25, 0.3) is 6.43 Å². The van der Waals surface area contributed by atoms with Gasteiger partial charge in [-0.25, -0.2) is 13.2 Å². The molecule has 0 saturated carbocycles. The van der Waals surface area contributed by atoms with Gasteiger partial charge in [-0.15, -0.1) is 0 Å². The van der Waals surface area contributed by atoms with E-state index in [9.17, 15) is 18.0 Å². The first kappa shape index (κ1) is 15.8. The summed E-state index contributed by atoms with van der Waals surface area (Å²) in [6.45, 7) is 1.57. The number of fused-ring (bicyclic) bond motifs is 1. The van der Waals surface area contributed by atoms with Crippen LogP contribution >= 0.6 is 0 Å². The minimum atomic E-state index is -2.53. The van der Waals surface area contributed by atoms with Gasteiger partial charge in [0.05, 0.1) is 19.1 Å². The lowest BCUT2D eigenvalue weighted by molar-refractivity contribution is -0.135. The number of halogens is 3. The van der Waals surface area contributed by atoms with E-state index in [0.29, 0.717) is 18.5 Å². The highest BCUT2D eigenvalue weighted by Crippen LogP contribution is 2.31. The Labute approximate surface area is 121 Å². The van der Waals surface area contributed by atoms with Crippen molar-refractivity contribution >= 4 is 5.91 Å². The number of alkyl halides is 2. The number of rotatable bonds is 5. The van der Waals surface area contributed by atoms with Gasteiger partial charge in [-0.2, -0.15) is 0 Å². The monoisotopic (exact) mass is 301 g/mol. The fraction of sp³-hybridized carbons (Fsp3) is 0.533. The largest absolute Gasteiger partial charge is 0.375 e. The second kappa shape index (κ2) is 6.93. The predicted octanol–water partition coefficient (Wildman–Crippen LogP) is 2.94.